The summed E-state index contributed by atoms with van der Waals surface area (Å²) in [6.07, 6.45) is 4.70. The van der Waals surface area contributed by atoms with Crippen LogP contribution in [-0.2, 0) is 6.42 Å². The Kier molecular flexibility index (Phi) is 5.63. The van der Waals surface area contributed by atoms with Crippen LogP contribution in [-0.4, -0.2) is 33.7 Å². The van der Waals surface area contributed by atoms with Crippen molar-refractivity contribution in [3.05, 3.63) is 29.8 Å². The smallest absolute Gasteiger partial charge is 0.164 e. The molecule has 3 aromatic rings. The average Bonchev–Trinajstić information content (AvgIpc) is 3.06. The molecule has 0 aliphatic carbocycles. The van der Waals surface area contributed by atoms with Crippen LogP contribution in [0.3, 0.4) is 0 Å². The topological polar surface area (TPSA) is 62.1 Å². The monoisotopic (exact) mass is 368 g/mol. The quantitative estimate of drug-likeness (QED) is 0.603. The Labute approximate surface area is 160 Å². The summed E-state index contributed by atoms with van der Waals surface area (Å²) in [4.78, 5) is 14.1. The molecule has 0 saturated carbocycles. The molecule has 0 aliphatic rings. The minimum atomic E-state index is 0.351. The first-order valence-electron chi connectivity index (χ1n) is 9.50. The summed E-state index contributed by atoms with van der Waals surface area (Å²) < 4.78 is 13.2. The number of rotatable bonds is 7. The molecule has 0 bridgehead atoms. The Morgan fingerprint density at radius 1 is 1.07 bits per heavy atom. The van der Waals surface area contributed by atoms with Crippen LogP contribution in [0.1, 0.15) is 51.0 Å². The van der Waals surface area contributed by atoms with E-state index in [1.165, 1.54) is 0 Å². The van der Waals surface area contributed by atoms with Crippen LogP contribution >= 0.6 is 0 Å². The Bertz CT molecular complexity index is 949. The zero-order valence-electron chi connectivity index (χ0n) is 17.0. The van der Waals surface area contributed by atoms with Gasteiger partial charge in [-0.05, 0) is 38.0 Å². The van der Waals surface area contributed by atoms with Gasteiger partial charge in [0.25, 0.3) is 0 Å². The average molecular weight is 368 g/mol. The molecule has 2 aromatic heterocycles. The summed E-state index contributed by atoms with van der Waals surface area (Å²) in [5, 5.41) is 0. The van der Waals surface area contributed by atoms with Crippen LogP contribution in [0.5, 0.6) is 11.5 Å². The molecular weight excluding hydrogens is 340 g/mol. The van der Waals surface area contributed by atoms with Gasteiger partial charge in [-0.2, -0.15) is 0 Å². The Hall–Kier alpha value is -2.63. The first kappa shape index (κ1) is 19.1. The normalized spacial score (nSPS) is 12.4. The third-order valence-corrected chi connectivity index (χ3v) is 5.00. The summed E-state index contributed by atoms with van der Waals surface area (Å²) in [5.74, 6) is 2.44. The number of hydrogen-bond acceptors (Lipinski definition) is 5. The Morgan fingerprint density at radius 3 is 2.41 bits per heavy atom. The van der Waals surface area contributed by atoms with E-state index >= 15 is 0 Å². The molecule has 27 heavy (non-hydrogen) atoms. The van der Waals surface area contributed by atoms with Crippen LogP contribution < -0.4 is 9.47 Å². The van der Waals surface area contributed by atoms with Crippen molar-refractivity contribution in [1.82, 2.24) is 19.5 Å². The van der Waals surface area contributed by atoms with E-state index in [2.05, 4.69) is 35.3 Å². The first-order valence-corrected chi connectivity index (χ1v) is 9.50. The molecule has 0 amide bonds. The molecule has 0 fully saturated rings. The third kappa shape index (κ3) is 3.36. The number of benzene rings is 1. The number of aryl methyl sites for hydroxylation is 2. The molecule has 144 valence electrons. The number of nitrogens with zero attached hydrogens (tertiary/aromatic N) is 4. The molecule has 0 saturated heterocycles. The Balaban J connectivity index is 2.25. The maximum absolute atomic E-state index is 5.49. The lowest BCUT2D eigenvalue weighted by Crippen LogP contribution is -2.09. The van der Waals surface area contributed by atoms with Gasteiger partial charge in [-0.3, -0.25) is 0 Å². The zero-order chi connectivity index (χ0) is 19.6. The lowest BCUT2D eigenvalue weighted by Gasteiger charge is -2.16. The molecule has 6 heteroatoms. The summed E-state index contributed by atoms with van der Waals surface area (Å²) >= 11 is 0. The predicted molar refractivity (Wildman–Crippen MR) is 108 cm³/mol. The second-order valence-electron chi connectivity index (χ2n) is 6.81. The fraction of sp³-hybridized carbons (Fsp3) is 0.476. The lowest BCUT2D eigenvalue weighted by atomic mass is 10.0. The van der Waals surface area contributed by atoms with Crippen molar-refractivity contribution >= 4 is 11.2 Å². The first-order chi connectivity index (χ1) is 13.0. The maximum atomic E-state index is 5.49. The summed E-state index contributed by atoms with van der Waals surface area (Å²) in [6.45, 7) is 8.61. The minimum absolute atomic E-state index is 0.351. The molecule has 0 aliphatic heterocycles. The van der Waals surface area contributed by atoms with Crippen molar-refractivity contribution < 1.29 is 9.47 Å². The molecule has 6 nitrogen and oxygen atoms in total. The van der Waals surface area contributed by atoms with Crippen molar-refractivity contribution in [3.63, 3.8) is 0 Å². The van der Waals surface area contributed by atoms with E-state index in [1.807, 2.05) is 19.1 Å². The zero-order valence-corrected chi connectivity index (χ0v) is 17.0. The van der Waals surface area contributed by atoms with E-state index in [1.54, 1.807) is 20.5 Å². The molecular formula is C21H28N4O2. The van der Waals surface area contributed by atoms with E-state index in [-0.39, 0.29) is 0 Å². The van der Waals surface area contributed by atoms with Crippen LogP contribution in [0.4, 0.5) is 0 Å². The fourth-order valence-corrected chi connectivity index (χ4v) is 3.65. The highest BCUT2D eigenvalue weighted by atomic mass is 16.5. The van der Waals surface area contributed by atoms with Crippen LogP contribution in [0.25, 0.3) is 22.4 Å². The van der Waals surface area contributed by atoms with Gasteiger partial charge in [0.2, 0.25) is 0 Å². The summed E-state index contributed by atoms with van der Waals surface area (Å²) in [6, 6.07) is 4.29. The Morgan fingerprint density at radius 2 is 1.78 bits per heavy atom. The number of fused-ring (bicyclic) bond motifs is 1. The highest BCUT2D eigenvalue weighted by Crippen LogP contribution is 2.37. The molecule has 0 radical (unpaired) electrons. The highest BCUT2D eigenvalue weighted by Gasteiger charge is 2.21. The number of methoxy groups -OCH3 is 2. The molecule has 1 unspecified atom stereocenters. The predicted octanol–water partition coefficient (Wildman–Crippen LogP) is 4.74. The van der Waals surface area contributed by atoms with Crippen molar-refractivity contribution in [2.24, 2.45) is 0 Å². The van der Waals surface area contributed by atoms with E-state index in [9.17, 15) is 0 Å². The van der Waals surface area contributed by atoms with Gasteiger partial charge < -0.3 is 14.0 Å². The second-order valence-corrected chi connectivity index (χ2v) is 6.81. The SMILES string of the molecule is CCCC(C)n1c(CC)nc2c(-c3cc(OC)c(OC)cc3C)ncnc21. The van der Waals surface area contributed by atoms with E-state index < -0.39 is 0 Å². The van der Waals surface area contributed by atoms with Crippen molar-refractivity contribution in [2.45, 2.75) is 53.0 Å². The second kappa shape index (κ2) is 7.94. The molecule has 0 N–H and O–H groups in total. The van der Waals surface area contributed by atoms with Gasteiger partial charge in [0.05, 0.1) is 14.2 Å². The highest BCUT2D eigenvalue weighted by molar-refractivity contribution is 5.89. The molecule has 0 spiro atoms. The third-order valence-electron chi connectivity index (χ3n) is 5.00. The number of imidazole rings is 1. The molecule has 1 atom stereocenters. The summed E-state index contributed by atoms with van der Waals surface area (Å²) in [5.41, 5.74) is 4.60. The van der Waals surface area contributed by atoms with Gasteiger partial charge in [0.1, 0.15) is 23.4 Å². The van der Waals surface area contributed by atoms with E-state index in [0.29, 0.717) is 17.5 Å². The number of hydrogen-bond donors (Lipinski definition) is 0. The molecule has 2 heterocycles. The minimum Gasteiger partial charge on any atom is -0.493 e. The lowest BCUT2D eigenvalue weighted by molar-refractivity contribution is 0.355. The molecule has 1 aromatic carbocycles. The maximum Gasteiger partial charge on any atom is 0.164 e. The standard InChI is InChI=1S/C21H28N4O2/c1-7-9-14(4)25-18(8-2)24-20-19(22-12-23-21(20)25)15-11-17(27-6)16(26-5)10-13(15)3/h10-12,14H,7-9H2,1-6H3. The van der Waals surface area contributed by atoms with Gasteiger partial charge in [-0.15, -0.1) is 0 Å². The number of ether oxygens (including phenoxy) is 2. The van der Waals surface area contributed by atoms with Crippen molar-refractivity contribution in [2.75, 3.05) is 14.2 Å². The molecule has 3 rings (SSSR count). The number of aromatic nitrogens is 4. The van der Waals surface area contributed by atoms with Crippen molar-refractivity contribution in [1.29, 1.82) is 0 Å². The van der Waals surface area contributed by atoms with Crippen molar-refractivity contribution in [3.8, 4) is 22.8 Å². The van der Waals surface area contributed by atoms with Gasteiger partial charge in [0, 0.05) is 18.0 Å². The summed E-state index contributed by atoms with van der Waals surface area (Å²) in [7, 11) is 3.28. The van der Waals surface area contributed by atoms with E-state index in [0.717, 1.165) is 53.1 Å². The van der Waals surface area contributed by atoms with E-state index in [4.69, 9.17) is 14.5 Å². The largest absolute Gasteiger partial charge is 0.493 e. The fourth-order valence-electron chi connectivity index (χ4n) is 3.65. The van der Waals surface area contributed by atoms with Gasteiger partial charge >= 0.3 is 0 Å². The van der Waals surface area contributed by atoms with Crippen LogP contribution in [0.2, 0.25) is 0 Å². The van der Waals surface area contributed by atoms with Gasteiger partial charge in [0.15, 0.2) is 17.1 Å². The van der Waals surface area contributed by atoms with Gasteiger partial charge in [-0.1, -0.05) is 20.3 Å². The van der Waals surface area contributed by atoms with Gasteiger partial charge in [-0.25, -0.2) is 15.0 Å². The van der Waals surface area contributed by atoms with Crippen LogP contribution in [0.15, 0.2) is 18.5 Å². The van der Waals surface area contributed by atoms with Crippen LogP contribution in [0, 0.1) is 6.92 Å².